The molecule has 2 atom stereocenters. The van der Waals surface area contributed by atoms with E-state index in [0.29, 0.717) is 18.6 Å². The van der Waals surface area contributed by atoms with Gasteiger partial charge < -0.3 is 4.74 Å². The van der Waals surface area contributed by atoms with Crippen LogP contribution in [-0.2, 0) is 9.57 Å². The van der Waals surface area contributed by atoms with E-state index in [9.17, 15) is 0 Å². The van der Waals surface area contributed by atoms with Gasteiger partial charge in [-0.15, -0.1) is 6.42 Å². The van der Waals surface area contributed by atoms with Crippen molar-refractivity contribution in [1.29, 1.82) is 0 Å². The summed E-state index contributed by atoms with van der Waals surface area (Å²) in [5.74, 6) is 2.90. The smallest absolute Gasteiger partial charge is 0.128 e. The minimum atomic E-state index is 0.323. The highest BCUT2D eigenvalue weighted by Crippen LogP contribution is 2.13. The predicted molar refractivity (Wildman–Crippen MR) is 46.3 cm³/mol. The first-order valence-electron chi connectivity index (χ1n) is 4.23. The second-order valence-electron chi connectivity index (χ2n) is 3.06. The van der Waals surface area contributed by atoms with E-state index in [2.05, 4.69) is 18.3 Å². The minimum absolute atomic E-state index is 0.323. The van der Waals surface area contributed by atoms with Gasteiger partial charge >= 0.3 is 0 Å². The fourth-order valence-electron chi connectivity index (χ4n) is 1.25. The third-order valence-electron chi connectivity index (χ3n) is 2.03. The maximum absolute atomic E-state index is 5.28. The van der Waals surface area contributed by atoms with Crippen LogP contribution in [0.4, 0.5) is 0 Å². The molecule has 0 saturated carbocycles. The van der Waals surface area contributed by atoms with Crippen LogP contribution in [0.2, 0.25) is 0 Å². The van der Waals surface area contributed by atoms with E-state index in [1.54, 1.807) is 0 Å². The van der Waals surface area contributed by atoms with E-state index in [4.69, 9.17) is 16.0 Å². The summed E-state index contributed by atoms with van der Waals surface area (Å²) in [5.41, 5.74) is 2.95. The van der Waals surface area contributed by atoms with Crippen LogP contribution in [0.5, 0.6) is 0 Å². The molecule has 1 aliphatic rings. The third-order valence-corrected chi connectivity index (χ3v) is 2.03. The fourth-order valence-corrected chi connectivity index (χ4v) is 1.25. The molecule has 1 N–H and O–H groups in total. The molecule has 3 nitrogen and oxygen atoms in total. The van der Waals surface area contributed by atoms with Gasteiger partial charge in [0.1, 0.15) is 6.61 Å². The maximum Gasteiger partial charge on any atom is 0.128 e. The van der Waals surface area contributed by atoms with Gasteiger partial charge in [-0.3, -0.25) is 4.84 Å². The number of terminal acetylenes is 1. The molecule has 1 saturated heterocycles. The number of ether oxygens (including phenoxy) is 1. The molecular formula is C9H15NO2. The van der Waals surface area contributed by atoms with Gasteiger partial charge in [0.25, 0.3) is 0 Å². The summed E-state index contributed by atoms with van der Waals surface area (Å²) in [6.45, 7) is 4.07. The van der Waals surface area contributed by atoms with Crippen molar-refractivity contribution in [3.63, 3.8) is 0 Å². The van der Waals surface area contributed by atoms with Crippen molar-refractivity contribution in [1.82, 2.24) is 5.48 Å². The highest BCUT2D eigenvalue weighted by Gasteiger charge is 2.21. The zero-order valence-electron chi connectivity index (χ0n) is 7.38. The number of nitrogens with one attached hydrogen (secondary N) is 1. The summed E-state index contributed by atoms with van der Waals surface area (Å²) in [6.07, 6.45) is 6.03. The molecule has 12 heavy (non-hydrogen) atoms. The molecule has 0 spiro atoms. The molecule has 0 aromatic carbocycles. The van der Waals surface area contributed by atoms with Crippen LogP contribution in [0.15, 0.2) is 0 Å². The SMILES string of the molecule is C#CCONC1CCOCC1C. The Kier molecular flexibility index (Phi) is 4.09. The lowest BCUT2D eigenvalue weighted by Crippen LogP contribution is -2.41. The average molecular weight is 169 g/mol. The van der Waals surface area contributed by atoms with Crippen LogP contribution in [0.3, 0.4) is 0 Å². The lowest BCUT2D eigenvalue weighted by atomic mass is 9.99. The van der Waals surface area contributed by atoms with Gasteiger partial charge in [-0.2, -0.15) is 5.48 Å². The van der Waals surface area contributed by atoms with Gasteiger partial charge in [-0.1, -0.05) is 12.8 Å². The predicted octanol–water partition coefficient (Wildman–Crippen LogP) is 0.566. The van der Waals surface area contributed by atoms with Crippen molar-refractivity contribution >= 4 is 0 Å². The van der Waals surface area contributed by atoms with Crippen LogP contribution in [-0.4, -0.2) is 25.9 Å². The van der Waals surface area contributed by atoms with Gasteiger partial charge in [-0.05, 0) is 12.3 Å². The monoisotopic (exact) mass is 169 g/mol. The van der Waals surface area contributed by atoms with Crippen LogP contribution >= 0.6 is 0 Å². The highest BCUT2D eigenvalue weighted by molar-refractivity contribution is 4.83. The Labute approximate surface area is 73.4 Å². The molecule has 0 amide bonds. The second kappa shape index (κ2) is 5.15. The molecule has 1 aliphatic heterocycles. The second-order valence-corrected chi connectivity index (χ2v) is 3.06. The number of hydrogen-bond donors (Lipinski definition) is 1. The van der Waals surface area contributed by atoms with Gasteiger partial charge in [0.15, 0.2) is 0 Å². The van der Waals surface area contributed by atoms with Crippen LogP contribution < -0.4 is 5.48 Å². The van der Waals surface area contributed by atoms with Crippen molar-refractivity contribution in [2.24, 2.45) is 5.92 Å². The van der Waals surface area contributed by atoms with Gasteiger partial charge in [0, 0.05) is 12.6 Å². The van der Waals surface area contributed by atoms with Crippen LogP contribution in [0.25, 0.3) is 0 Å². The average Bonchev–Trinajstić information content (AvgIpc) is 2.09. The lowest BCUT2D eigenvalue weighted by Gasteiger charge is -2.28. The number of rotatable bonds is 3. The molecule has 3 heteroatoms. The standard InChI is InChI=1S/C9H15NO2/c1-3-5-12-10-9-4-6-11-7-8(9)2/h1,8-10H,4-7H2,2H3. The van der Waals surface area contributed by atoms with E-state index < -0.39 is 0 Å². The summed E-state index contributed by atoms with van der Waals surface area (Å²) in [7, 11) is 0. The Morgan fingerprint density at radius 1 is 1.75 bits per heavy atom. The number of hydroxylamine groups is 1. The highest BCUT2D eigenvalue weighted by atomic mass is 16.6. The molecule has 68 valence electrons. The van der Waals surface area contributed by atoms with Crippen molar-refractivity contribution in [2.75, 3.05) is 19.8 Å². The van der Waals surface area contributed by atoms with Gasteiger partial charge in [0.2, 0.25) is 0 Å². The first-order chi connectivity index (χ1) is 5.84. The van der Waals surface area contributed by atoms with E-state index in [-0.39, 0.29) is 0 Å². The topological polar surface area (TPSA) is 30.5 Å². The Morgan fingerprint density at radius 3 is 3.25 bits per heavy atom. The van der Waals surface area contributed by atoms with Crippen LogP contribution in [0.1, 0.15) is 13.3 Å². The van der Waals surface area contributed by atoms with E-state index in [0.717, 1.165) is 19.6 Å². The van der Waals surface area contributed by atoms with Gasteiger partial charge in [0.05, 0.1) is 6.61 Å². The molecule has 1 fully saturated rings. The third kappa shape index (κ3) is 2.82. The van der Waals surface area contributed by atoms with E-state index >= 15 is 0 Å². The molecule has 0 aromatic rings. The van der Waals surface area contributed by atoms with E-state index in [1.165, 1.54) is 0 Å². The molecular weight excluding hydrogens is 154 g/mol. The summed E-state index contributed by atoms with van der Waals surface area (Å²) in [6, 6.07) is 0.382. The minimum Gasteiger partial charge on any atom is -0.381 e. The maximum atomic E-state index is 5.28. The number of hydrogen-bond acceptors (Lipinski definition) is 3. The summed E-state index contributed by atoms with van der Waals surface area (Å²) >= 11 is 0. The van der Waals surface area contributed by atoms with Gasteiger partial charge in [-0.25, -0.2) is 0 Å². The first-order valence-corrected chi connectivity index (χ1v) is 4.23. The zero-order chi connectivity index (χ0) is 8.81. The lowest BCUT2D eigenvalue weighted by molar-refractivity contribution is -0.0345. The molecule has 0 bridgehead atoms. The van der Waals surface area contributed by atoms with E-state index in [1.807, 2.05) is 0 Å². The first kappa shape index (κ1) is 9.53. The van der Waals surface area contributed by atoms with Crippen LogP contribution in [0, 0.1) is 18.3 Å². The Bertz CT molecular complexity index is 164. The van der Waals surface area contributed by atoms with Crippen molar-refractivity contribution < 1.29 is 9.57 Å². The summed E-state index contributed by atoms with van der Waals surface area (Å²) < 4.78 is 5.28. The molecule has 1 rings (SSSR count). The fraction of sp³-hybridized carbons (Fsp3) is 0.778. The molecule has 0 aromatic heterocycles. The van der Waals surface area contributed by atoms with Crippen molar-refractivity contribution in [3.8, 4) is 12.3 Å². The molecule has 0 aliphatic carbocycles. The summed E-state index contributed by atoms with van der Waals surface area (Å²) in [5, 5.41) is 0. The van der Waals surface area contributed by atoms with Crippen molar-refractivity contribution in [3.05, 3.63) is 0 Å². The molecule has 0 radical (unpaired) electrons. The zero-order valence-corrected chi connectivity index (χ0v) is 7.38. The molecule has 1 heterocycles. The molecule has 2 unspecified atom stereocenters. The van der Waals surface area contributed by atoms with Crippen molar-refractivity contribution in [2.45, 2.75) is 19.4 Å². The normalized spacial score (nSPS) is 29.7. The summed E-state index contributed by atoms with van der Waals surface area (Å²) in [4.78, 5) is 5.05. The quantitative estimate of drug-likeness (QED) is 0.380. The Morgan fingerprint density at radius 2 is 2.58 bits per heavy atom. The Hall–Kier alpha value is -0.560. The Balaban J connectivity index is 2.16. The largest absolute Gasteiger partial charge is 0.381 e.